The number of allylic oxidation sites excluding steroid dienone is 1. The monoisotopic (exact) mass is 241 g/mol. The van der Waals surface area contributed by atoms with Crippen LogP contribution in [-0.4, -0.2) is 22.0 Å². The van der Waals surface area contributed by atoms with E-state index in [1.54, 1.807) is 30.7 Å². The number of nitrogens with two attached hydrogens (primary N) is 1. The SMILES string of the molecule is NC(=NN=C/C=C/c1ccco1)c1cnccn1. The van der Waals surface area contributed by atoms with E-state index in [4.69, 9.17) is 10.2 Å². The Morgan fingerprint density at radius 3 is 3.06 bits per heavy atom. The molecular formula is C12H11N5O. The molecule has 0 saturated carbocycles. The highest BCUT2D eigenvalue weighted by Gasteiger charge is 1.96. The highest BCUT2D eigenvalue weighted by atomic mass is 16.3. The van der Waals surface area contributed by atoms with Gasteiger partial charge in [-0.1, -0.05) is 0 Å². The van der Waals surface area contributed by atoms with E-state index < -0.39 is 0 Å². The molecule has 2 aromatic rings. The lowest BCUT2D eigenvalue weighted by Gasteiger charge is -1.94. The Morgan fingerprint density at radius 2 is 2.33 bits per heavy atom. The van der Waals surface area contributed by atoms with Gasteiger partial charge in [-0.2, -0.15) is 5.10 Å². The van der Waals surface area contributed by atoms with Crippen LogP contribution in [0, 0.1) is 0 Å². The first-order valence-corrected chi connectivity index (χ1v) is 5.19. The first-order chi connectivity index (χ1) is 8.86. The van der Waals surface area contributed by atoms with Gasteiger partial charge in [0, 0.05) is 18.6 Å². The van der Waals surface area contributed by atoms with E-state index in [-0.39, 0.29) is 5.84 Å². The summed E-state index contributed by atoms with van der Waals surface area (Å²) in [7, 11) is 0. The summed E-state index contributed by atoms with van der Waals surface area (Å²) in [5.41, 5.74) is 6.15. The van der Waals surface area contributed by atoms with E-state index in [2.05, 4.69) is 20.2 Å². The third-order valence-electron chi connectivity index (χ3n) is 1.95. The van der Waals surface area contributed by atoms with Gasteiger partial charge >= 0.3 is 0 Å². The second kappa shape index (κ2) is 6.09. The topological polar surface area (TPSA) is 89.7 Å². The molecule has 0 saturated heterocycles. The first-order valence-electron chi connectivity index (χ1n) is 5.19. The van der Waals surface area contributed by atoms with Crippen molar-refractivity contribution in [1.29, 1.82) is 0 Å². The zero-order valence-corrected chi connectivity index (χ0v) is 9.47. The number of amidine groups is 1. The van der Waals surface area contributed by atoms with Gasteiger partial charge in [0.25, 0.3) is 0 Å². The number of aromatic nitrogens is 2. The molecule has 0 spiro atoms. The van der Waals surface area contributed by atoms with Crippen LogP contribution in [0.25, 0.3) is 6.08 Å². The van der Waals surface area contributed by atoms with Crippen LogP contribution < -0.4 is 5.73 Å². The maximum absolute atomic E-state index is 5.66. The number of hydrogen-bond acceptors (Lipinski definition) is 5. The third kappa shape index (κ3) is 3.38. The molecule has 90 valence electrons. The van der Waals surface area contributed by atoms with Gasteiger partial charge in [0.2, 0.25) is 0 Å². The average Bonchev–Trinajstić information content (AvgIpc) is 2.92. The summed E-state index contributed by atoms with van der Waals surface area (Å²) in [6.45, 7) is 0. The van der Waals surface area contributed by atoms with Crippen molar-refractivity contribution in [3.8, 4) is 0 Å². The predicted octanol–water partition coefficient (Wildman–Crippen LogP) is 1.47. The van der Waals surface area contributed by atoms with Crippen molar-refractivity contribution >= 4 is 18.1 Å². The average molecular weight is 241 g/mol. The predicted molar refractivity (Wildman–Crippen MR) is 69.0 cm³/mol. The fraction of sp³-hybridized carbons (Fsp3) is 0. The molecule has 6 nitrogen and oxygen atoms in total. The lowest BCUT2D eigenvalue weighted by atomic mass is 10.4. The van der Waals surface area contributed by atoms with Crippen molar-refractivity contribution in [1.82, 2.24) is 9.97 Å². The highest BCUT2D eigenvalue weighted by Crippen LogP contribution is 2.00. The summed E-state index contributed by atoms with van der Waals surface area (Å²) >= 11 is 0. The van der Waals surface area contributed by atoms with Gasteiger partial charge in [-0.15, -0.1) is 5.10 Å². The van der Waals surface area contributed by atoms with Crippen molar-refractivity contribution in [3.63, 3.8) is 0 Å². The minimum absolute atomic E-state index is 0.214. The maximum atomic E-state index is 5.66. The maximum Gasteiger partial charge on any atom is 0.173 e. The molecule has 2 aromatic heterocycles. The van der Waals surface area contributed by atoms with E-state index in [0.29, 0.717) is 5.69 Å². The highest BCUT2D eigenvalue weighted by molar-refractivity contribution is 5.95. The van der Waals surface area contributed by atoms with E-state index in [0.717, 1.165) is 5.76 Å². The lowest BCUT2D eigenvalue weighted by Crippen LogP contribution is -2.14. The van der Waals surface area contributed by atoms with Gasteiger partial charge in [-0.3, -0.25) is 4.98 Å². The Morgan fingerprint density at radius 1 is 1.39 bits per heavy atom. The smallest absolute Gasteiger partial charge is 0.173 e. The van der Waals surface area contributed by atoms with Crippen LogP contribution in [0.1, 0.15) is 11.5 Å². The molecule has 2 N–H and O–H groups in total. The number of hydrogen-bond donors (Lipinski definition) is 1. The van der Waals surface area contributed by atoms with Gasteiger partial charge in [0.15, 0.2) is 5.84 Å². The minimum atomic E-state index is 0.214. The van der Waals surface area contributed by atoms with Crippen LogP contribution in [0.4, 0.5) is 0 Å². The van der Waals surface area contributed by atoms with Crippen molar-refractivity contribution in [3.05, 3.63) is 54.5 Å². The normalized spacial score (nSPS) is 12.6. The van der Waals surface area contributed by atoms with Crippen molar-refractivity contribution in [2.45, 2.75) is 0 Å². The van der Waals surface area contributed by atoms with E-state index in [1.165, 1.54) is 18.6 Å². The molecule has 0 aliphatic rings. The Bertz CT molecular complexity index is 557. The molecule has 0 atom stereocenters. The van der Waals surface area contributed by atoms with Gasteiger partial charge in [0.05, 0.1) is 12.5 Å². The van der Waals surface area contributed by atoms with Crippen LogP contribution in [0.5, 0.6) is 0 Å². The summed E-state index contributed by atoms with van der Waals surface area (Å²) in [5, 5.41) is 7.58. The summed E-state index contributed by atoms with van der Waals surface area (Å²) in [4.78, 5) is 7.88. The Kier molecular flexibility index (Phi) is 3.97. The van der Waals surface area contributed by atoms with Crippen LogP contribution in [-0.2, 0) is 0 Å². The lowest BCUT2D eigenvalue weighted by molar-refractivity contribution is 0.557. The molecule has 0 fully saturated rings. The zero-order valence-electron chi connectivity index (χ0n) is 9.47. The van der Waals surface area contributed by atoms with Gasteiger partial charge in [-0.05, 0) is 24.3 Å². The molecule has 6 heteroatoms. The van der Waals surface area contributed by atoms with E-state index >= 15 is 0 Å². The minimum Gasteiger partial charge on any atom is -0.465 e. The van der Waals surface area contributed by atoms with Crippen LogP contribution in [0.15, 0.2) is 57.7 Å². The number of furan rings is 1. The fourth-order valence-corrected chi connectivity index (χ4v) is 1.14. The zero-order chi connectivity index (χ0) is 12.6. The van der Waals surface area contributed by atoms with Crippen molar-refractivity contribution in [2.24, 2.45) is 15.9 Å². The summed E-state index contributed by atoms with van der Waals surface area (Å²) < 4.78 is 5.10. The Labute approximate surface area is 104 Å². The van der Waals surface area contributed by atoms with Crippen LogP contribution >= 0.6 is 0 Å². The van der Waals surface area contributed by atoms with E-state index in [1.807, 2.05) is 6.07 Å². The molecule has 2 rings (SSSR count). The molecule has 0 aromatic carbocycles. The Balaban J connectivity index is 1.94. The number of nitrogens with zero attached hydrogens (tertiary/aromatic N) is 4. The van der Waals surface area contributed by atoms with Crippen molar-refractivity contribution in [2.75, 3.05) is 0 Å². The van der Waals surface area contributed by atoms with Crippen molar-refractivity contribution < 1.29 is 4.42 Å². The molecule has 0 bridgehead atoms. The quantitative estimate of drug-likeness (QED) is 0.498. The molecule has 0 radical (unpaired) electrons. The second-order valence-corrected chi connectivity index (χ2v) is 3.21. The molecular weight excluding hydrogens is 230 g/mol. The third-order valence-corrected chi connectivity index (χ3v) is 1.95. The molecule has 0 unspecified atom stereocenters. The standard InChI is InChI=1S/C12H11N5O/c13-12(11-9-14-6-7-15-11)17-16-5-1-3-10-4-2-8-18-10/h1-9H,(H2,13,17)/b3-1+,16-5?. The molecule has 2 heterocycles. The summed E-state index contributed by atoms with van der Waals surface area (Å²) in [6.07, 6.45) is 11.2. The molecule has 18 heavy (non-hydrogen) atoms. The molecule has 0 aliphatic heterocycles. The molecule has 0 aliphatic carbocycles. The Hall–Kier alpha value is -2.76. The number of rotatable bonds is 4. The summed E-state index contributed by atoms with van der Waals surface area (Å²) in [6, 6.07) is 3.64. The molecule has 0 amide bonds. The summed E-state index contributed by atoms with van der Waals surface area (Å²) in [5.74, 6) is 0.957. The van der Waals surface area contributed by atoms with Gasteiger partial charge in [-0.25, -0.2) is 4.98 Å². The van der Waals surface area contributed by atoms with Gasteiger partial charge < -0.3 is 10.2 Å². The largest absolute Gasteiger partial charge is 0.465 e. The van der Waals surface area contributed by atoms with Gasteiger partial charge in [0.1, 0.15) is 11.5 Å². The van der Waals surface area contributed by atoms with Crippen LogP contribution in [0.3, 0.4) is 0 Å². The fourth-order valence-electron chi connectivity index (χ4n) is 1.14. The second-order valence-electron chi connectivity index (χ2n) is 3.21. The van der Waals surface area contributed by atoms with E-state index in [9.17, 15) is 0 Å². The van der Waals surface area contributed by atoms with Crippen LogP contribution in [0.2, 0.25) is 0 Å². The first kappa shape index (κ1) is 11.7.